The average molecular weight is 397 g/mol. The van der Waals surface area contributed by atoms with Gasteiger partial charge in [0, 0.05) is 30.8 Å². The summed E-state index contributed by atoms with van der Waals surface area (Å²) in [6, 6.07) is 12.3. The van der Waals surface area contributed by atoms with Crippen LogP contribution in [0.5, 0.6) is 5.75 Å². The summed E-state index contributed by atoms with van der Waals surface area (Å²) in [6.07, 6.45) is 1.44. The lowest BCUT2D eigenvalue weighted by Crippen LogP contribution is -2.38. The Morgan fingerprint density at radius 2 is 1.79 bits per heavy atom. The number of hydrogen-bond donors (Lipinski definition) is 1. The summed E-state index contributed by atoms with van der Waals surface area (Å²) in [7, 11) is 1.53. The van der Waals surface area contributed by atoms with Crippen LogP contribution in [0.4, 0.5) is 5.69 Å². The van der Waals surface area contributed by atoms with Gasteiger partial charge in [0.2, 0.25) is 0 Å². The maximum atomic E-state index is 12.9. The molecule has 0 fully saturated rings. The van der Waals surface area contributed by atoms with Crippen LogP contribution in [0.2, 0.25) is 0 Å². The summed E-state index contributed by atoms with van der Waals surface area (Å²) in [5.74, 6) is -0.235. The minimum Gasteiger partial charge on any atom is -0.497 e. The first-order valence-electron chi connectivity index (χ1n) is 9.10. The third-order valence-corrected chi connectivity index (χ3v) is 4.27. The fourth-order valence-corrected chi connectivity index (χ4v) is 2.66. The van der Waals surface area contributed by atoms with E-state index in [1.807, 2.05) is 13.8 Å². The van der Waals surface area contributed by atoms with Gasteiger partial charge in [0.05, 0.1) is 12.0 Å². The predicted molar refractivity (Wildman–Crippen MR) is 109 cm³/mol. The SMILES string of the molecule is CCN(CC)C(=O)C(=Cc1cccc([N+](=O)[O-])c1)NC(=O)c1ccc(OC)cc1. The van der Waals surface area contributed by atoms with Gasteiger partial charge >= 0.3 is 0 Å². The van der Waals surface area contributed by atoms with Crippen LogP contribution in [0, 0.1) is 10.1 Å². The molecular weight excluding hydrogens is 374 g/mol. The Morgan fingerprint density at radius 3 is 2.34 bits per heavy atom. The molecule has 8 nitrogen and oxygen atoms in total. The number of hydrogen-bond acceptors (Lipinski definition) is 5. The van der Waals surface area contributed by atoms with Crippen molar-refractivity contribution in [2.45, 2.75) is 13.8 Å². The van der Waals surface area contributed by atoms with E-state index in [1.54, 1.807) is 35.2 Å². The van der Waals surface area contributed by atoms with Gasteiger partial charge in [-0.2, -0.15) is 0 Å². The number of nitrogens with zero attached hydrogens (tertiary/aromatic N) is 2. The number of nitrogens with one attached hydrogen (secondary N) is 1. The van der Waals surface area contributed by atoms with Crippen molar-refractivity contribution >= 4 is 23.6 Å². The van der Waals surface area contributed by atoms with Crippen LogP contribution in [-0.2, 0) is 4.79 Å². The molecule has 0 radical (unpaired) electrons. The van der Waals surface area contributed by atoms with E-state index in [-0.39, 0.29) is 17.3 Å². The largest absolute Gasteiger partial charge is 0.497 e. The molecule has 2 aromatic carbocycles. The summed E-state index contributed by atoms with van der Waals surface area (Å²) in [4.78, 5) is 37.6. The van der Waals surface area contributed by atoms with Crippen LogP contribution < -0.4 is 10.1 Å². The second-order valence-electron chi connectivity index (χ2n) is 6.07. The maximum absolute atomic E-state index is 12.9. The number of ether oxygens (including phenoxy) is 1. The molecule has 0 saturated carbocycles. The van der Waals surface area contributed by atoms with E-state index in [1.165, 1.54) is 31.4 Å². The van der Waals surface area contributed by atoms with Gasteiger partial charge in [-0.05, 0) is 49.8 Å². The van der Waals surface area contributed by atoms with Gasteiger partial charge in [0.1, 0.15) is 11.4 Å². The molecule has 2 amide bonds. The number of rotatable bonds is 8. The number of amides is 2. The van der Waals surface area contributed by atoms with Gasteiger partial charge < -0.3 is 15.0 Å². The Bertz CT molecular complexity index is 918. The Morgan fingerprint density at radius 1 is 1.14 bits per heavy atom. The quantitative estimate of drug-likeness (QED) is 0.419. The molecule has 0 aromatic heterocycles. The highest BCUT2D eigenvalue weighted by Gasteiger charge is 2.19. The Hall–Kier alpha value is -3.68. The molecule has 29 heavy (non-hydrogen) atoms. The highest BCUT2D eigenvalue weighted by Crippen LogP contribution is 2.17. The van der Waals surface area contributed by atoms with Crippen molar-refractivity contribution in [3.05, 3.63) is 75.5 Å². The zero-order valence-corrected chi connectivity index (χ0v) is 16.5. The lowest BCUT2D eigenvalue weighted by atomic mass is 10.1. The van der Waals surface area contributed by atoms with Crippen LogP contribution >= 0.6 is 0 Å². The van der Waals surface area contributed by atoms with Crippen LogP contribution in [0.1, 0.15) is 29.8 Å². The molecule has 0 atom stereocenters. The van der Waals surface area contributed by atoms with E-state index < -0.39 is 10.8 Å². The first-order chi connectivity index (χ1) is 13.9. The Balaban J connectivity index is 2.38. The van der Waals surface area contributed by atoms with Gasteiger partial charge in [-0.3, -0.25) is 19.7 Å². The molecule has 0 aliphatic carbocycles. The van der Waals surface area contributed by atoms with Gasteiger partial charge in [-0.25, -0.2) is 0 Å². The first kappa shape index (κ1) is 21.6. The van der Waals surface area contributed by atoms with Crippen molar-refractivity contribution in [1.29, 1.82) is 0 Å². The first-order valence-corrected chi connectivity index (χ1v) is 9.10. The zero-order chi connectivity index (χ0) is 21.4. The lowest BCUT2D eigenvalue weighted by molar-refractivity contribution is -0.384. The molecule has 2 aromatic rings. The summed E-state index contributed by atoms with van der Waals surface area (Å²) in [5.41, 5.74) is 0.720. The third kappa shape index (κ3) is 5.65. The van der Waals surface area contributed by atoms with Crippen molar-refractivity contribution < 1.29 is 19.2 Å². The molecule has 0 aliphatic heterocycles. The van der Waals surface area contributed by atoms with Crippen molar-refractivity contribution in [3.8, 4) is 5.75 Å². The number of nitro groups is 1. The zero-order valence-electron chi connectivity index (χ0n) is 16.5. The molecule has 0 saturated heterocycles. The molecule has 0 unspecified atom stereocenters. The molecule has 0 aliphatic rings. The van der Waals surface area contributed by atoms with Crippen LogP contribution in [0.25, 0.3) is 6.08 Å². The van der Waals surface area contributed by atoms with E-state index >= 15 is 0 Å². The van der Waals surface area contributed by atoms with E-state index in [0.717, 1.165) is 0 Å². The van der Waals surface area contributed by atoms with Crippen LogP contribution in [0.3, 0.4) is 0 Å². The number of benzene rings is 2. The van der Waals surface area contributed by atoms with E-state index in [9.17, 15) is 19.7 Å². The normalized spacial score (nSPS) is 10.9. The molecule has 8 heteroatoms. The summed E-state index contributed by atoms with van der Waals surface area (Å²) >= 11 is 0. The van der Waals surface area contributed by atoms with Crippen molar-refractivity contribution in [3.63, 3.8) is 0 Å². The number of methoxy groups -OCH3 is 1. The summed E-state index contributed by atoms with van der Waals surface area (Å²) in [5, 5.41) is 13.7. The highest BCUT2D eigenvalue weighted by atomic mass is 16.6. The second kappa shape index (κ2) is 10.0. The minimum absolute atomic E-state index is 0.0371. The predicted octanol–water partition coefficient (Wildman–Crippen LogP) is 3.24. The molecule has 152 valence electrons. The summed E-state index contributed by atoms with van der Waals surface area (Å²) < 4.78 is 5.08. The smallest absolute Gasteiger partial charge is 0.270 e. The average Bonchev–Trinajstić information content (AvgIpc) is 2.74. The second-order valence-corrected chi connectivity index (χ2v) is 6.07. The van der Waals surface area contributed by atoms with Crippen LogP contribution in [0.15, 0.2) is 54.2 Å². The standard InChI is InChI=1S/C21H23N3O5/c1-4-23(5-2)21(26)19(14-15-7-6-8-17(13-15)24(27)28)22-20(25)16-9-11-18(29-3)12-10-16/h6-14H,4-5H2,1-3H3,(H,22,25). The molecule has 0 bridgehead atoms. The molecule has 0 heterocycles. The fourth-order valence-electron chi connectivity index (χ4n) is 2.66. The number of carbonyl (C=O) groups is 2. The van der Waals surface area contributed by atoms with Crippen molar-refractivity contribution in [2.24, 2.45) is 0 Å². The van der Waals surface area contributed by atoms with Crippen LogP contribution in [-0.4, -0.2) is 41.8 Å². The van der Waals surface area contributed by atoms with Gasteiger partial charge in [-0.1, -0.05) is 12.1 Å². The molecule has 2 rings (SSSR count). The molecule has 1 N–H and O–H groups in total. The fraction of sp³-hybridized carbons (Fsp3) is 0.238. The number of carbonyl (C=O) groups excluding carboxylic acids is 2. The van der Waals surface area contributed by atoms with Gasteiger partial charge in [0.25, 0.3) is 17.5 Å². The lowest BCUT2D eigenvalue weighted by Gasteiger charge is -2.21. The summed E-state index contributed by atoms with van der Waals surface area (Å²) in [6.45, 7) is 4.58. The van der Waals surface area contributed by atoms with E-state index in [4.69, 9.17) is 4.74 Å². The molecule has 0 spiro atoms. The van der Waals surface area contributed by atoms with Crippen molar-refractivity contribution in [1.82, 2.24) is 10.2 Å². The molecular formula is C21H23N3O5. The number of non-ortho nitro benzene ring substituents is 1. The number of nitro benzene ring substituents is 1. The Kier molecular flexibility index (Phi) is 7.47. The van der Waals surface area contributed by atoms with E-state index in [2.05, 4.69) is 5.32 Å². The monoisotopic (exact) mass is 397 g/mol. The third-order valence-electron chi connectivity index (χ3n) is 4.27. The minimum atomic E-state index is -0.515. The van der Waals surface area contributed by atoms with Crippen molar-refractivity contribution in [2.75, 3.05) is 20.2 Å². The van der Waals surface area contributed by atoms with Gasteiger partial charge in [0.15, 0.2) is 0 Å². The maximum Gasteiger partial charge on any atom is 0.270 e. The number of likely N-dealkylation sites (N-methyl/N-ethyl adjacent to an activating group) is 1. The topological polar surface area (TPSA) is 102 Å². The van der Waals surface area contributed by atoms with E-state index in [0.29, 0.717) is 30.0 Å². The Labute approximate surface area is 168 Å². The highest BCUT2D eigenvalue weighted by molar-refractivity contribution is 6.05. The van der Waals surface area contributed by atoms with Gasteiger partial charge in [-0.15, -0.1) is 0 Å².